The number of hydrogen-bond donors (Lipinski definition) is 1. The van der Waals surface area contributed by atoms with Crippen molar-refractivity contribution in [3.63, 3.8) is 0 Å². The lowest BCUT2D eigenvalue weighted by Crippen LogP contribution is -2.52. The third-order valence-electron chi connectivity index (χ3n) is 4.82. The van der Waals surface area contributed by atoms with Crippen LogP contribution in [0.4, 0.5) is 0 Å². The van der Waals surface area contributed by atoms with Gasteiger partial charge in [0.25, 0.3) is 0 Å². The van der Waals surface area contributed by atoms with E-state index in [1.54, 1.807) is 0 Å². The Morgan fingerprint density at radius 1 is 0.944 bits per heavy atom. The maximum Gasteiger partial charge on any atom is 0.0695 e. The molecule has 1 heterocycles. The summed E-state index contributed by atoms with van der Waals surface area (Å²) in [4.78, 5) is 4.92. The van der Waals surface area contributed by atoms with Gasteiger partial charge in [-0.3, -0.25) is 4.90 Å². The molecule has 3 atom stereocenters. The molecule has 18 heavy (non-hydrogen) atoms. The van der Waals surface area contributed by atoms with Gasteiger partial charge in [0.15, 0.2) is 0 Å². The molecule has 2 aliphatic rings. The van der Waals surface area contributed by atoms with Gasteiger partial charge in [-0.05, 0) is 46.3 Å². The summed E-state index contributed by atoms with van der Waals surface area (Å²) in [5.74, 6) is 0. The highest BCUT2D eigenvalue weighted by Gasteiger charge is 2.31. The standard InChI is InChI=1S/C15H30N2O/c1-16(2)13-8-7-11-17(12-13)14-9-5-3-4-6-10-15(14)18/h13-15,18H,3-12H2,1-2H3. The average Bonchev–Trinajstić information content (AvgIpc) is 2.34. The van der Waals surface area contributed by atoms with Gasteiger partial charge in [0.05, 0.1) is 6.10 Å². The fraction of sp³-hybridized carbons (Fsp3) is 1.00. The zero-order chi connectivity index (χ0) is 13.0. The lowest BCUT2D eigenvalue weighted by molar-refractivity contribution is 0.00475. The maximum atomic E-state index is 10.4. The second-order valence-corrected chi connectivity index (χ2v) is 6.38. The topological polar surface area (TPSA) is 26.7 Å². The van der Waals surface area contributed by atoms with Gasteiger partial charge in [-0.1, -0.05) is 25.7 Å². The molecule has 3 nitrogen and oxygen atoms in total. The van der Waals surface area contributed by atoms with E-state index in [1.807, 2.05) is 0 Å². The quantitative estimate of drug-likeness (QED) is 0.817. The first-order valence-corrected chi connectivity index (χ1v) is 7.77. The zero-order valence-corrected chi connectivity index (χ0v) is 12.1. The van der Waals surface area contributed by atoms with Crippen molar-refractivity contribution in [2.75, 3.05) is 27.2 Å². The molecule has 1 aliphatic carbocycles. The van der Waals surface area contributed by atoms with Crippen molar-refractivity contribution < 1.29 is 5.11 Å². The number of likely N-dealkylation sites (tertiary alicyclic amines) is 1. The van der Waals surface area contributed by atoms with Gasteiger partial charge >= 0.3 is 0 Å². The van der Waals surface area contributed by atoms with Crippen molar-refractivity contribution in [3.05, 3.63) is 0 Å². The summed E-state index contributed by atoms with van der Waals surface area (Å²) in [5, 5.41) is 10.4. The highest BCUT2D eigenvalue weighted by Crippen LogP contribution is 2.25. The van der Waals surface area contributed by atoms with E-state index in [9.17, 15) is 5.11 Å². The molecule has 1 N–H and O–H groups in total. The van der Waals surface area contributed by atoms with Crippen molar-refractivity contribution in [2.45, 2.75) is 69.6 Å². The normalized spacial score (nSPS) is 36.3. The highest BCUT2D eigenvalue weighted by molar-refractivity contribution is 4.87. The van der Waals surface area contributed by atoms with Crippen molar-refractivity contribution in [1.82, 2.24) is 9.80 Å². The molecule has 0 aromatic heterocycles. The SMILES string of the molecule is CN(C)C1CCCN(C2CCCCCCC2O)C1. The van der Waals surface area contributed by atoms with E-state index in [0.29, 0.717) is 12.1 Å². The predicted octanol–water partition coefficient (Wildman–Crippen LogP) is 2.10. The molecule has 0 amide bonds. The summed E-state index contributed by atoms with van der Waals surface area (Å²) in [5.41, 5.74) is 0. The lowest BCUT2D eigenvalue weighted by Gasteiger charge is -2.42. The van der Waals surface area contributed by atoms with Gasteiger partial charge in [0.1, 0.15) is 0 Å². The van der Waals surface area contributed by atoms with Gasteiger partial charge in [-0.25, -0.2) is 0 Å². The lowest BCUT2D eigenvalue weighted by atomic mass is 9.91. The molecule has 0 bridgehead atoms. The van der Waals surface area contributed by atoms with E-state index in [2.05, 4.69) is 23.9 Å². The Bertz CT molecular complexity index is 245. The summed E-state index contributed by atoms with van der Waals surface area (Å²) in [6.45, 7) is 2.33. The van der Waals surface area contributed by atoms with E-state index in [4.69, 9.17) is 0 Å². The summed E-state index contributed by atoms with van der Waals surface area (Å²) in [6, 6.07) is 1.10. The van der Waals surface area contributed by atoms with Crippen LogP contribution in [-0.2, 0) is 0 Å². The van der Waals surface area contributed by atoms with E-state index >= 15 is 0 Å². The second kappa shape index (κ2) is 6.88. The van der Waals surface area contributed by atoms with Gasteiger partial charge in [0.2, 0.25) is 0 Å². The first kappa shape index (κ1) is 14.3. The number of hydrogen-bond acceptors (Lipinski definition) is 3. The van der Waals surface area contributed by atoms with Gasteiger partial charge in [0, 0.05) is 18.6 Å². The average molecular weight is 254 g/mol. The van der Waals surface area contributed by atoms with Crippen LogP contribution in [0, 0.1) is 0 Å². The fourth-order valence-electron chi connectivity index (χ4n) is 3.58. The van der Waals surface area contributed by atoms with Crippen LogP contribution < -0.4 is 0 Å². The molecule has 1 aliphatic heterocycles. The molecular weight excluding hydrogens is 224 g/mol. The van der Waals surface area contributed by atoms with Crippen LogP contribution in [-0.4, -0.2) is 60.3 Å². The summed E-state index contributed by atoms with van der Waals surface area (Å²) < 4.78 is 0. The third-order valence-corrected chi connectivity index (χ3v) is 4.82. The van der Waals surface area contributed by atoms with E-state index in [0.717, 1.165) is 13.0 Å². The van der Waals surface area contributed by atoms with Crippen LogP contribution in [0.15, 0.2) is 0 Å². The highest BCUT2D eigenvalue weighted by atomic mass is 16.3. The molecular formula is C15H30N2O. The monoisotopic (exact) mass is 254 g/mol. The van der Waals surface area contributed by atoms with Crippen LogP contribution in [0.5, 0.6) is 0 Å². The number of aliphatic hydroxyl groups is 1. The molecule has 1 saturated heterocycles. The smallest absolute Gasteiger partial charge is 0.0695 e. The number of piperidine rings is 1. The largest absolute Gasteiger partial charge is 0.391 e. The van der Waals surface area contributed by atoms with Crippen LogP contribution in [0.2, 0.25) is 0 Å². The maximum absolute atomic E-state index is 10.4. The minimum atomic E-state index is -0.0915. The Balaban J connectivity index is 1.94. The summed E-state index contributed by atoms with van der Waals surface area (Å²) in [7, 11) is 4.37. The molecule has 106 valence electrons. The zero-order valence-electron chi connectivity index (χ0n) is 12.1. The Labute approximate surface area is 112 Å². The van der Waals surface area contributed by atoms with E-state index in [1.165, 1.54) is 51.5 Å². The number of aliphatic hydroxyl groups excluding tert-OH is 1. The van der Waals surface area contributed by atoms with E-state index in [-0.39, 0.29) is 6.10 Å². The van der Waals surface area contributed by atoms with Crippen LogP contribution in [0.3, 0.4) is 0 Å². The van der Waals surface area contributed by atoms with Gasteiger partial charge in [-0.2, -0.15) is 0 Å². The second-order valence-electron chi connectivity index (χ2n) is 6.38. The van der Waals surface area contributed by atoms with Gasteiger partial charge in [-0.15, -0.1) is 0 Å². The molecule has 0 spiro atoms. The molecule has 1 saturated carbocycles. The molecule has 0 radical (unpaired) electrons. The summed E-state index contributed by atoms with van der Waals surface area (Å²) >= 11 is 0. The number of likely N-dealkylation sites (N-methyl/N-ethyl adjacent to an activating group) is 1. The van der Waals surface area contributed by atoms with Crippen LogP contribution in [0.25, 0.3) is 0 Å². The first-order valence-electron chi connectivity index (χ1n) is 7.77. The third kappa shape index (κ3) is 3.69. The molecule has 2 rings (SSSR count). The minimum Gasteiger partial charge on any atom is -0.391 e. The molecule has 0 aromatic carbocycles. The fourth-order valence-corrected chi connectivity index (χ4v) is 3.58. The van der Waals surface area contributed by atoms with Crippen LogP contribution in [0.1, 0.15) is 51.4 Å². The molecule has 0 aromatic rings. The van der Waals surface area contributed by atoms with Crippen molar-refractivity contribution in [2.24, 2.45) is 0 Å². The predicted molar refractivity (Wildman–Crippen MR) is 75.8 cm³/mol. The number of rotatable bonds is 2. The minimum absolute atomic E-state index is 0.0915. The Morgan fingerprint density at radius 3 is 2.39 bits per heavy atom. The Hall–Kier alpha value is -0.120. The first-order chi connectivity index (χ1) is 8.68. The number of nitrogens with zero attached hydrogens (tertiary/aromatic N) is 2. The summed E-state index contributed by atoms with van der Waals surface area (Å²) in [6.07, 6.45) is 9.88. The van der Waals surface area contributed by atoms with Crippen molar-refractivity contribution >= 4 is 0 Å². The van der Waals surface area contributed by atoms with E-state index < -0.39 is 0 Å². The van der Waals surface area contributed by atoms with Crippen molar-refractivity contribution in [3.8, 4) is 0 Å². The Morgan fingerprint density at radius 2 is 1.67 bits per heavy atom. The molecule has 2 fully saturated rings. The Kier molecular flexibility index (Phi) is 5.46. The van der Waals surface area contributed by atoms with Crippen LogP contribution >= 0.6 is 0 Å². The van der Waals surface area contributed by atoms with Crippen molar-refractivity contribution in [1.29, 1.82) is 0 Å². The molecule has 3 unspecified atom stereocenters. The molecule has 3 heteroatoms. The van der Waals surface area contributed by atoms with Gasteiger partial charge < -0.3 is 10.0 Å².